The molecule has 6 nitrogen and oxygen atoms in total. The zero-order chi connectivity index (χ0) is 16.9. The number of rotatable bonds is 6. The number of hydrogen-bond donors (Lipinski definition) is 2. The number of fused-ring (bicyclic) bond motifs is 1. The fourth-order valence-corrected chi connectivity index (χ4v) is 2.42. The summed E-state index contributed by atoms with van der Waals surface area (Å²) in [6, 6.07) is 12.7. The molecule has 0 atom stereocenters. The van der Waals surface area contributed by atoms with Crippen LogP contribution in [0.15, 0.2) is 53.5 Å². The van der Waals surface area contributed by atoms with E-state index in [4.69, 9.17) is 14.2 Å². The summed E-state index contributed by atoms with van der Waals surface area (Å²) in [6.45, 7) is 3.98. The maximum atomic E-state index is 11.8. The predicted octanol–water partition coefficient (Wildman–Crippen LogP) is 2.85. The molecule has 124 valence electrons. The fraction of sp³-hybridized carbons (Fsp3) is 0.118. The second-order valence-electron chi connectivity index (χ2n) is 4.97. The normalized spacial score (nSPS) is 11.7. The number of hydrazine groups is 1. The molecule has 0 aliphatic carbocycles. The first kappa shape index (κ1) is 16.2. The summed E-state index contributed by atoms with van der Waals surface area (Å²) in [7, 11) is 0. The molecule has 1 aliphatic heterocycles. The first-order chi connectivity index (χ1) is 11.6. The molecule has 0 aromatic heterocycles. The summed E-state index contributed by atoms with van der Waals surface area (Å²) in [5.74, 6) is 1.63. The van der Waals surface area contributed by atoms with Crippen molar-refractivity contribution in [2.24, 2.45) is 0 Å². The van der Waals surface area contributed by atoms with Crippen LogP contribution in [0.5, 0.6) is 17.2 Å². The number of halogens is 1. The summed E-state index contributed by atoms with van der Waals surface area (Å²) < 4.78 is 16.8. The van der Waals surface area contributed by atoms with Crippen LogP contribution in [0.25, 0.3) is 5.70 Å². The van der Waals surface area contributed by atoms with Crippen molar-refractivity contribution >= 4 is 27.5 Å². The quantitative estimate of drug-likeness (QED) is 0.742. The lowest BCUT2D eigenvalue weighted by Gasteiger charge is -2.12. The summed E-state index contributed by atoms with van der Waals surface area (Å²) >= 11 is 3.34. The lowest BCUT2D eigenvalue weighted by atomic mass is 10.1. The SMILES string of the molecule is C=C(NNC(=O)COc1cccc(Br)c1)c1ccc2c(c1)OCO2. The maximum absolute atomic E-state index is 11.8. The molecule has 0 spiro atoms. The van der Waals surface area contributed by atoms with Crippen molar-refractivity contribution in [2.45, 2.75) is 0 Å². The molecule has 0 radical (unpaired) electrons. The van der Waals surface area contributed by atoms with E-state index in [1.54, 1.807) is 24.3 Å². The first-order valence-corrected chi connectivity index (χ1v) is 7.93. The largest absolute Gasteiger partial charge is 0.484 e. The van der Waals surface area contributed by atoms with Crippen LogP contribution in [0.2, 0.25) is 0 Å². The Labute approximate surface area is 147 Å². The van der Waals surface area contributed by atoms with Crippen molar-refractivity contribution in [3.63, 3.8) is 0 Å². The Kier molecular flexibility index (Phi) is 4.90. The molecular weight excluding hydrogens is 376 g/mol. The monoisotopic (exact) mass is 390 g/mol. The van der Waals surface area contributed by atoms with E-state index >= 15 is 0 Å². The maximum Gasteiger partial charge on any atom is 0.276 e. The van der Waals surface area contributed by atoms with Gasteiger partial charge >= 0.3 is 0 Å². The molecule has 2 aromatic rings. The van der Waals surface area contributed by atoms with Crippen LogP contribution in [-0.4, -0.2) is 19.3 Å². The molecule has 1 amide bonds. The number of nitrogens with one attached hydrogen (secondary N) is 2. The average Bonchev–Trinajstić information content (AvgIpc) is 3.05. The van der Waals surface area contributed by atoms with Gasteiger partial charge in [-0.2, -0.15) is 0 Å². The summed E-state index contributed by atoms with van der Waals surface area (Å²) in [5, 5.41) is 0. The van der Waals surface area contributed by atoms with Crippen LogP contribution in [0.3, 0.4) is 0 Å². The van der Waals surface area contributed by atoms with E-state index in [1.165, 1.54) is 0 Å². The lowest BCUT2D eigenvalue weighted by molar-refractivity contribution is -0.123. The lowest BCUT2D eigenvalue weighted by Crippen LogP contribution is -2.38. The predicted molar refractivity (Wildman–Crippen MR) is 92.5 cm³/mol. The molecular formula is C17H15BrN2O4. The highest BCUT2D eigenvalue weighted by Crippen LogP contribution is 2.33. The Morgan fingerprint density at radius 3 is 2.83 bits per heavy atom. The minimum absolute atomic E-state index is 0.113. The van der Waals surface area contributed by atoms with Gasteiger partial charge in [0.05, 0.1) is 5.70 Å². The molecule has 1 heterocycles. The van der Waals surface area contributed by atoms with Crippen LogP contribution in [0.4, 0.5) is 0 Å². The van der Waals surface area contributed by atoms with Crippen molar-refractivity contribution in [3.8, 4) is 17.2 Å². The molecule has 7 heteroatoms. The van der Waals surface area contributed by atoms with Crippen molar-refractivity contribution < 1.29 is 19.0 Å². The van der Waals surface area contributed by atoms with Crippen molar-refractivity contribution in [3.05, 3.63) is 59.1 Å². The second-order valence-corrected chi connectivity index (χ2v) is 5.88. The van der Waals surface area contributed by atoms with Gasteiger partial charge in [-0.3, -0.25) is 15.6 Å². The number of amides is 1. The van der Waals surface area contributed by atoms with Crippen LogP contribution in [0, 0.1) is 0 Å². The third kappa shape index (κ3) is 3.99. The topological polar surface area (TPSA) is 68.8 Å². The van der Waals surface area contributed by atoms with Gasteiger partial charge in [0, 0.05) is 10.0 Å². The second kappa shape index (κ2) is 7.27. The van der Waals surface area contributed by atoms with E-state index in [2.05, 4.69) is 33.4 Å². The zero-order valence-electron chi connectivity index (χ0n) is 12.7. The Balaban J connectivity index is 1.48. The molecule has 1 aliphatic rings. The third-order valence-electron chi connectivity index (χ3n) is 3.24. The molecule has 0 bridgehead atoms. The van der Waals surface area contributed by atoms with Gasteiger partial charge in [0.1, 0.15) is 5.75 Å². The van der Waals surface area contributed by atoms with Gasteiger partial charge in [0.2, 0.25) is 6.79 Å². The number of carbonyl (C=O) groups excluding carboxylic acids is 1. The van der Waals surface area contributed by atoms with Gasteiger partial charge < -0.3 is 14.2 Å². The van der Waals surface area contributed by atoms with Gasteiger partial charge in [0.25, 0.3) is 5.91 Å². The highest BCUT2D eigenvalue weighted by molar-refractivity contribution is 9.10. The van der Waals surface area contributed by atoms with E-state index in [-0.39, 0.29) is 19.3 Å². The summed E-state index contributed by atoms with van der Waals surface area (Å²) in [5.41, 5.74) is 6.61. The minimum Gasteiger partial charge on any atom is -0.484 e. The number of carbonyl (C=O) groups is 1. The molecule has 0 fully saturated rings. The van der Waals surface area contributed by atoms with Gasteiger partial charge in [-0.1, -0.05) is 28.6 Å². The van der Waals surface area contributed by atoms with Crippen molar-refractivity contribution in [1.82, 2.24) is 10.9 Å². The van der Waals surface area contributed by atoms with Gasteiger partial charge in [0.15, 0.2) is 18.1 Å². The van der Waals surface area contributed by atoms with E-state index in [9.17, 15) is 4.79 Å². The van der Waals surface area contributed by atoms with E-state index in [0.29, 0.717) is 22.9 Å². The molecule has 0 saturated heterocycles. The van der Waals surface area contributed by atoms with Crippen LogP contribution in [0.1, 0.15) is 5.56 Å². The molecule has 0 unspecified atom stereocenters. The molecule has 3 rings (SSSR count). The Bertz CT molecular complexity index is 779. The summed E-state index contributed by atoms with van der Waals surface area (Å²) in [4.78, 5) is 11.8. The van der Waals surface area contributed by atoms with E-state index < -0.39 is 0 Å². The summed E-state index contributed by atoms with van der Waals surface area (Å²) in [6.07, 6.45) is 0. The smallest absolute Gasteiger partial charge is 0.276 e. The van der Waals surface area contributed by atoms with Crippen molar-refractivity contribution in [2.75, 3.05) is 13.4 Å². The molecule has 24 heavy (non-hydrogen) atoms. The molecule has 2 N–H and O–H groups in total. The van der Waals surface area contributed by atoms with Crippen molar-refractivity contribution in [1.29, 1.82) is 0 Å². The van der Waals surface area contributed by atoms with Crippen LogP contribution >= 0.6 is 15.9 Å². The third-order valence-corrected chi connectivity index (χ3v) is 3.73. The molecule has 0 saturated carbocycles. The number of ether oxygens (including phenoxy) is 3. The van der Waals surface area contributed by atoms with Gasteiger partial charge in [-0.05, 0) is 36.4 Å². The highest BCUT2D eigenvalue weighted by Gasteiger charge is 2.14. The average molecular weight is 391 g/mol. The van der Waals surface area contributed by atoms with Gasteiger partial charge in [-0.15, -0.1) is 0 Å². The Hall–Kier alpha value is -2.67. The first-order valence-electron chi connectivity index (χ1n) is 7.14. The fourth-order valence-electron chi connectivity index (χ4n) is 2.04. The standard InChI is InChI=1S/C17H15BrN2O4/c1-11(12-5-6-15-16(7-12)24-10-23-15)19-20-17(21)9-22-14-4-2-3-13(18)8-14/h2-8,19H,1,9-10H2,(H,20,21). The molecule has 2 aromatic carbocycles. The van der Waals surface area contributed by atoms with Crippen LogP contribution < -0.4 is 25.1 Å². The zero-order valence-corrected chi connectivity index (χ0v) is 14.3. The highest BCUT2D eigenvalue weighted by atomic mass is 79.9. The van der Waals surface area contributed by atoms with E-state index in [0.717, 1.165) is 10.0 Å². The number of hydrogen-bond acceptors (Lipinski definition) is 5. The Morgan fingerprint density at radius 2 is 2.00 bits per heavy atom. The van der Waals surface area contributed by atoms with Gasteiger partial charge in [-0.25, -0.2) is 0 Å². The number of benzene rings is 2. The van der Waals surface area contributed by atoms with Crippen LogP contribution in [-0.2, 0) is 4.79 Å². The minimum atomic E-state index is -0.322. The Morgan fingerprint density at radius 1 is 1.17 bits per heavy atom. The van der Waals surface area contributed by atoms with E-state index in [1.807, 2.05) is 18.2 Å².